The first-order chi connectivity index (χ1) is 11.7. The number of nitrogens with one attached hydrogen (secondary N) is 2. The average Bonchev–Trinajstić information content (AvgIpc) is 3.16. The van der Waals surface area contributed by atoms with Crippen LogP contribution in [-0.2, 0) is 13.0 Å². The molecule has 0 saturated heterocycles. The maximum Gasteiger partial charge on any atom is 0.193 e. The first-order valence-corrected chi connectivity index (χ1v) is 9.04. The second kappa shape index (κ2) is 8.12. The summed E-state index contributed by atoms with van der Waals surface area (Å²) >= 11 is 7.42. The van der Waals surface area contributed by atoms with Gasteiger partial charge >= 0.3 is 0 Å². The highest BCUT2D eigenvalue weighted by atomic mass is 35.5. The highest BCUT2D eigenvalue weighted by Crippen LogP contribution is 2.11. The quantitative estimate of drug-likeness (QED) is 0.402. The van der Waals surface area contributed by atoms with Gasteiger partial charge in [0.15, 0.2) is 10.9 Å². The lowest BCUT2D eigenvalue weighted by Crippen LogP contribution is -2.38. The number of nitrogens with zero attached hydrogens (tertiary/aromatic N) is 4. The summed E-state index contributed by atoms with van der Waals surface area (Å²) < 4.78 is 2.02. The Labute approximate surface area is 149 Å². The fourth-order valence-electron chi connectivity index (χ4n) is 2.23. The highest BCUT2D eigenvalue weighted by Gasteiger charge is 2.03. The monoisotopic (exact) mass is 362 g/mol. The molecule has 3 heterocycles. The summed E-state index contributed by atoms with van der Waals surface area (Å²) in [5.41, 5.74) is 2.10. The molecule has 0 atom stereocenters. The van der Waals surface area contributed by atoms with Gasteiger partial charge < -0.3 is 10.6 Å². The van der Waals surface area contributed by atoms with Crippen LogP contribution in [0.4, 0.5) is 0 Å². The number of halogens is 1. The first-order valence-electron chi connectivity index (χ1n) is 7.78. The van der Waals surface area contributed by atoms with Crippen LogP contribution in [0.1, 0.15) is 18.2 Å². The predicted molar refractivity (Wildman–Crippen MR) is 98.8 cm³/mol. The molecule has 6 nitrogen and oxygen atoms in total. The summed E-state index contributed by atoms with van der Waals surface area (Å²) in [6.07, 6.45) is 6.67. The minimum Gasteiger partial charge on any atom is -0.357 e. The van der Waals surface area contributed by atoms with Crippen molar-refractivity contribution < 1.29 is 0 Å². The number of aromatic nitrogens is 3. The number of guanidine groups is 1. The van der Waals surface area contributed by atoms with Gasteiger partial charge in [-0.2, -0.15) is 0 Å². The van der Waals surface area contributed by atoms with Crippen LogP contribution in [0.3, 0.4) is 0 Å². The molecular weight excluding hydrogens is 344 g/mol. The SMILES string of the molecule is CCNC(=NCc1cn2ccsc2n1)NCCc1ccc(Cl)nc1. The molecule has 0 bridgehead atoms. The zero-order chi connectivity index (χ0) is 16.8. The van der Waals surface area contributed by atoms with Crippen molar-refractivity contribution in [2.45, 2.75) is 19.9 Å². The normalized spacial score (nSPS) is 11.8. The van der Waals surface area contributed by atoms with E-state index in [1.807, 2.05) is 35.2 Å². The summed E-state index contributed by atoms with van der Waals surface area (Å²) in [5, 5.41) is 9.11. The Morgan fingerprint density at radius 2 is 2.29 bits per heavy atom. The Bertz CT molecular complexity index is 779. The van der Waals surface area contributed by atoms with Gasteiger partial charge in [0.1, 0.15) is 5.15 Å². The van der Waals surface area contributed by atoms with E-state index >= 15 is 0 Å². The molecule has 24 heavy (non-hydrogen) atoms. The van der Waals surface area contributed by atoms with Gasteiger partial charge in [0.25, 0.3) is 0 Å². The molecular formula is C16H19ClN6S. The molecule has 0 aliphatic heterocycles. The van der Waals surface area contributed by atoms with Crippen molar-refractivity contribution >= 4 is 33.9 Å². The van der Waals surface area contributed by atoms with Crippen LogP contribution in [0.5, 0.6) is 0 Å². The molecule has 0 aromatic carbocycles. The van der Waals surface area contributed by atoms with Crippen LogP contribution in [0, 0.1) is 0 Å². The highest BCUT2D eigenvalue weighted by molar-refractivity contribution is 7.15. The van der Waals surface area contributed by atoms with E-state index in [4.69, 9.17) is 11.6 Å². The van der Waals surface area contributed by atoms with E-state index in [0.29, 0.717) is 11.7 Å². The lowest BCUT2D eigenvalue weighted by atomic mass is 10.2. The number of aliphatic imine (C=N–C) groups is 1. The molecule has 3 aromatic rings. The number of rotatable bonds is 6. The number of pyridine rings is 1. The third kappa shape index (κ3) is 4.46. The van der Waals surface area contributed by atoms with Crippen molar-refractivity contribution in [1.82, 2.24) is 25.0 Å². The summed E-state index contributed by atoms with van der Waals surface area (Å²) in [4.78, 5) is 14.2. The molecule has 0 amide bonds. The standard InChI is InChI=1S/C16H19ClN6S/c1-2-18-15(19-6-5-12-3-4-14(17)20-9-12)21-10-13-11-23-7-8-24-16(23)22-13/h3-4,7-9,11H,2,5-6,10H2,1H3,(H2,18,19,21). The topological polar surface area (TPSA) is 66.6 Å². The fraction of sp³-hybridized carbons (Fsp3) is 0.312. The largest absolute Gasteiger partial charge is 0.357 e. The van der Waals surface area contributed by atoms with Gasteiger partial charge in [-0.25, -0.2) is 15.0 Å². The Morgan fingerprint density at radius 3 is 3.04 bits per heavy atom. The molecule has 0 unspecified atom stereocenters. The molecule has 0 spiro atoms. The van der Waals surface area contributed by atoms with E-state index in [9.17, 15) is 0 Å². The Balaban J connectivity index is 1.54. The summed E-state index contributed by atoms with van der Waals surface area (Å²) in [7, 11) is 0. The number of thiazole rings is 1. The van der Waals surface area contributed by atoms with E-state index in [2.05, 4.69) is 25.6 Å². The lowest BCUT2D eigenvalue weighted by molar-refractivity contribution is 0.796. The minimum atomic E-state index is 0.515. The molecule has 2 N–H and O–H groups in total. The zero-order valence-corrected chi connectivity index (χ0v) is 14.9. The van der Waals surface area contributed by atoms with Gasteiger partial charge in [0.2, 0.25) is 0 Å². The van der Waals surface area contributed by atoms with E-state index in [-0.39, 0.29) is 0 Å². The van der Waals surface area contributed by atoms with Gasteiger partial charge in [-0.05, 0) is 25.0 Å². The van der Waals surface area contributed by atoms with E-state index in [0.717, 1.165) is 41.7 Å². The molecule has 0 aliphatic rings. The third-order valence-corrected chi connectivity index (χ3v) is 4.38. The second-order valence-electron chi connectivity index (χ2n) is 5.19. The van der Waals surface area contributed by atoms with E-state index < -0.39 is 0 Å². The lowest BCUT2D eigenvalue weighted by Gasteiger charge is -2.10. The second-order valence-corrected chi connectivity index (χ2v) is 6.45. The van der Waals surface area contributed by atoms with Crippen LogP contribution >= 0.6 is 22.9 Å². The Morgan fingerprint density at radius 1 is 1.38 bits per heavy atom. The number of fused-ring (bicyclic) bond motifs is 1. The molecule has 0 aliphatic carbocycles. The molecule has 8 heteroatoms. The van der Waals surface area contributed by atoms with Crippen LogP contribution in [0.25, 0.3) is 4.96 Å². The Kier molecular flexibility index (Phi) is 5.66. The van der Waals surface area contributed by atoms with Crippen molar-refractivity contribution in [1.29, 1.82) is 0 Å². The van der Waals surface area contributed by atoms with Crippen LogP contribution in [0.2, 0.25) is 5.15 Å². The van der Waals surface area contributed by atoms with E-state index in [1.165, 1.54) is 0 Å². The molecule has 3 rings (SSSR count). The maximum absolute atomic E-state index is 5.80. The molecule has 0 radical (unpaired) electrons. The smallest absolute Gasteiger partial charge is 0.193 e. The summed E-state index contributed by atoms with van der Waals surface area (Å²) in [6, 6.07) is 3.79. The summed E-state index contributed by atoms with van der Waals surface area (Å²) in [6.45, 7) is 4.18. The van der Waals surface area contributed by atoms with Gasteiger partial charge in [-0.15, -0.1) is 11.3 Å². The molecule has 0 saturated carbocycles. The third-order valence-electron chi connectivity index (χ3n) is 3.38. The van der Waals surface area contributed by atoms with Crippen molar-refractivity contribution in [2.24, 2.45) is 4.99 Å². The van der Waals surface area contributed by atoms with Crippen molar-refractivity contribution in [3.63, 3.8) is 0 Å². The predicted octanol–water partition coefficient (Wildman–Crippen LogP) is 2.74. The van der Waals surface area contributed by atoms with Crippen molar-refractivity contribution in [3.05, 3.63) is 52.5 Å². The maximum atomic E-state index is 5.80. The molecule has 126 valence electrons. The first kappa shape index (κ1) is 16.7. The zero-order valence-electron chi connectivity index (χ0n) is 13.4. The minimum absolute atomic E-state index is 0.515. The molecule has 3 aromatic heterocycles. The van der Waals surface area contributed by atoms with Crippen LogP contribution in [0.15, 0.2) is 41.1 Å². The number of hydrogen-bond donors (Lipinski definition) is 2. The van der Waals surface area contributed by atoms with Gasteiger partial charge in [0.05, 0.1) is 12.2 Å². The van der Waals surface area contributed by atoms with Gasteiger partial charge in [-0.1, -0.05) is 17.7 Å². The number of hydrogen-bond acceptors (Lipinski definition) is 4. The van der Waals surface area contributed by atoms with Crippen molar-refractivity contribution in [3.8, 4) is 0 Å². The van der Waals surface area contributed by atoms with E-state index in [1.54, 1.807) is 23.6 Å². The molecule has 0 fully saturated rings. The Hall–Kier alpha value is -2.12. The van der Waals surface area contributed by atoms with Crippen LogP contribution in [-0.4, -0.2) is 33.4 Å². The van der Waals surface area contributed by atoms with Crippen molar-refractivity contribution in [2.75, 3.05) is 13.1 Å². The number of imidazole rings is 1. The average molecular weight is 363 g/mol. The summed E-state index contributed by atoms with van der Waals surface area (Å²) in [5.74, 6) is 0.788. The van der Waals surface area contributed by atoms with Gasteiger partial charge in [0, 0.05) is 37.1 Å². The van der Waals surface area contributed by atoms with Gasteiger partial charge in [-0.3, -0.25) is 4.40 Å². The van der Waals surface area contributed by atoms with Crippen LogP contribution < -0.4 is 10.6 Å². The fourth-order valence-corrected chi connectivity index (χ4v) is 3.06.